The fourth-order valence-electron chi connectivity index (χ4n) is 4.48. The van der Waals surface area contributed by atoms with E-state index in [-0.39, 0.29) is 0 Å². The summed E-state index contributed by atoms with van der Waals surface area (Å²) in [7, 11) is 0. The Morgan fingerprint density at radius 2 is 1.03 bits per heavy atom. The maximum absolute atomic E-state index is 3.93. The molecule has 4 aromatic rings. The van der Waals surface area contributed by atoms with E-state index in [9.17, 15) is 0 Å². The predicted octanol–water partition coefficient (Wildman–Crippen LogP) is 8.53. The molecule has 0 amide bonds. The lowest BCUT2D eigenvalue weighted by Crippen LogP contribution is -2.31. The van der Waals surface area contributed by atoms with Gasteiger partial charge in [-0.25, -0.2) is 0 Å². The molecule has 158 valence electrons. The summed E-state index contributed by atoms with van der Waals surface area (Å²) in [6.07, 6.45) is 8.65. The zero-order valence-corrected chi connectivity index (χ0v) is 18.7. The molecule has 0 bridgehead atoms. The van der Waals surface area contributed by atoms with Crippen LogP contribution in [0.25, 0.3) is 12.2 Å². The van der Waals surface area contributed by atoms with Crippen LogP contribution < -0.4 is 0 Å². The molecule has 0 radical (unpaired) electrons. The summed E-state index contributed by atoms with van der Waals surface area (Å²) >= 11 is 0. The molecule has 0 fully saturated rings. The van der Waals surface area contributed by atoms with E-state index in [2.05, 4.69) is 135 Å². The van der Waals surface area contributed by atoms with Crippen LogP contribution in [0.4, 0.5) is 0 Å². The van der Waals surface area contributed by atoms with E-state index in [0.29, 0.717) is 0 Å². The highest BCUT2D eigenvalue weighted by Gasteiger charge is 2.38. The normalized spacial score (nSPS) is 11.5. The molecular weight excluding hydrogens is 384 g/mol. The SMILES string of the molecule is C=Cc1ccc(C(c2ccccc2)(c2ccccc2)c2ccc(/C=C\CCC)cc2)cc1. The monoisotopic (exact) mass is 414 g/mol. The van der Waals surface area contributed by atoms with Gasteiger partial charge in [0.15, 0.2) is 0 Å². The summed E-state index contributed by atoms with van der Waals surface area (Å²) in [5, 5.41) is 0. The quantitative estimate of drug-likeness (QED) is 0.253. The van der Waals surface area contributed by atoms with Crippen LogP contribution in [0.5, 0.6) is 0 Å². The van der Waals surface area contributed by atoms with Crippen molar-refractivity contribution in [3.8, 4) is 0 Å². The average molecular weight is 415 g/mol. The molecule has 0 saturated heterocycles. The van der Waals surface area contributed by atoms with Crippen LogP contribution in [0, 0.1) is 0 Å². The summed E-state index contributed by atoms with van der Waals surface area (Å²) in [5.74, 6) is 0. The number of allylic oxidation sites excluding steroid dienone is 1. The minimum absolute atomic E-state index is 0.409. The lowest BCUT2D eigenvalue weighted by atomic mass is 9.65. The number of hydrogen-bond donors (Lipinski definition) is 0. The van der Waals surface area contributed by atoms with E-state index in [0.717, 1.165) is 12.0 Å². The van der Waals surface area contributed by atoms with Gasteiger partial charge < -0.3 is 0 Å². The number of hydrogen-bond acceptors (Lipinski definition) is 0. The van der Waals surface area contributed by atoms with Gasteiger partial charge in [0.2, 0.25) is 0 Å². The van der Waals surface area contributed by atoms with Gasteiger partial charge in [0.1, 0.15) is 0 Å². The molecule has 0 saturated carbocycles. The Morgan fingerprint density at radius 3 is 1.47 bits per heavy atom. The largest absolute Gasteiger partial charge is 0.0985 e. The molecule has 0 N–H and O–H groups in total. The minimum atomic E-state index is -0.409. The van der Waals surface area contributed by atoms with E-state index >= 15 is 0 Å². The molecular formula is C32H30. The van der Waals surface area contributed by atoms with Gasteiger partial charge >= 0.3 is 0 Å². The van der Waals surface area contributed by atoms with Crippen molar-refractivity contribution in [2.75, 3.05) is 0 Å². The summed E-state index contributed by atoms with van der Waals surface area (Å²) in [6, 6.07) is 39.5. The topological polar surface area (TPSA) is 0 Å². The molecule has 4 aromatic carbocycles. The molecule has 0 unspecified atom stereocenters. The highest BCUT2D eigenvalue weighted by Crippen LogP contribution is 2.45. The van der Waals surface area contributed by atoms with Crippen LogP contribution in [0.3, 0.4) is 0 Å². The first kappa shape index (κ1) is 21.6. The van der Waals surface area contributed by atoms with Gasteiger partial charge in [-0.3, -0.25) is 0 Å². The van der Waals surface area contributed by atoms with Crippen molar-refractivity contribution in [2.45, 2.75) is 25.2 Å². The van der Waals surface area contributed by atoms with Crippen molar-refractivity contribution in [1.82, 2.24) is 0 Å². The number of rotatable bonds is 8. The molecule has 0 aromatic heterocycles. The highest BCUT2D eigenvalue weighted by atomic mass is 14.4. The Bertz CT molecular complexity index is 1110. The van der Waals surface area contributed by atoms with E-state index in [1.807, 2.05) is 6.08 Å². The molecule has 32 heavy (non-hydrogen) atoms. The van der Waals surface area contributed by atoms with Gasteiger partial charge in [-0.15, -0.1) is 0 Å². The second-order valence-corrected chi connectivity index (χ2v) is 8.12. The van der Waals surface area contributed by atoms with Crippen LogP contribution in [-0.2, 0) is 5.41 Å². The second kappa shape index (κ2) is 10.1. The summed E-state index contributed by atoms with van der Waals surface area (Å²) in [6.45, 7) is 6.14. The van der Waals surface area contributed by atoms with Crippen LogP contribution in [0.15, 0.2) is 122 Å². The van der Waals surface area contributed by atoms with Crippen LogP contribution in [0.1, 0.15) is 53.1 Å². The molecule has 4 rings (SSSR count). The molecule has 0 spiro atoms. The fourth-order valence-corrected chi connectivity index (χ4v) is 4.48. The van der Waals surface area contributed by atoms with Gasteiger partial charge in [0.25, 0.3) is 0 Å². The Balaban J connectivity index is 1.97. The zero-order chi connectivity index (χ0) is 22.2. The number of unbranched alkanes of at least 4 members (excludes halogenated alkanes) is 1. The van der Waals surface area contributed by atoms with Gasteiger partial charge in [0, 0.05) is 0 Å². The molecule has 0 atom stereocenters. The first-order chi connectivity index (χ1) is 15.8. The molecule has 0 heterocycles. The third kappa shape index (κ3) is 4.22. The lowest BCUT2D eigenvalue weighted by Gasteiger charge is -2.37. The first-order valence-corrected chi connectivity index (χ1v) is 11.4. The minimum Gasteiger partial charge on any atom is -0.0985 e. The second-order valence-electron chi connectivity index (χ2n) is 8.12. The van der Waals surface area contributed by atoms with Gasteiger partial charge in [0.05, 0.1) is 5.41 Å². The zero-order valence-electron chi connectivity index (χ0n) is 18.7. The molecule has 0 nitrogen and oxygen atoms in total. The standard InChI is InChI=1S/C32H30/c1-3-5-8-13-27-20-24-31(25-21-27)32(28-14-9-6-10-15-28,29-16-11-7-12-17-29)30-22-18-26(4-2)19-23-30/h4,6-25H,2-3,5H2,1H3/b13-8-. The molecule has 0 aliphatic heterocycles. The first-order valence-electron chi connectivity index (χ1n) is 11.4. The van der Waals surface area contributed by atoms with Crippen molar-refractivity contribution >= 4 is 12.2 Å². The molecule has 0 aliphatic carbocycles. The maximum Gasteiger partial charge on any atom is 0.0701 e. The highest BCUT2D eigenvalue weighted by molar-refractivity contribution is 5.62. The Labute approximate surface area is 192 Å². The van der Waals surface area contributed by atoms with Gasteiger partial charge in [-0.2, -0.15) is 0 Å². The lowest BCUT2D eigenvalue weighted by molar-refractivity contribution is 0.745. The average Bonchev–Trinajstić information content (AvgIpc) is 2.87. The maximum atomic E-state index is 3.93. The predicted molar refractivity (Wildman–Crippen MR) is 139 cm³/mol. The van der Waals surface area contributed by atoms with Crippen molar-refractivity contribution in [1.29, 1.82) is 0 Å². The van der Waals surface area contributed by atoms with Crippen LogP contribution in [0.2, 0.25) is 0 Å². The van der Waals surface area contributed by atoms with Crippen molar-refractivity contribution < 1.29 is 0 Å². The molecule has 0 aliphatic rings. The van der Waals surface area contributed by atoms with Crippen molar-refractivity contribution in [3.63, 3.8) is 0 Å². The smallest absolute Gasteiger partial charge is 0.0701 e. The van der Waals surface area contributed by atoms with E-state index < -0.39 is 5.41 Å². The summed E-state index contributed by atoms with van der Waals surface area (Å²) in [5.41, 5.74) is 6.97. The Kier molecular flexibility index (Phi) is 6.82. The Morgan fingerprint density at radius 1 is 0.594 bits per heavy atom. The number of benzene rings is 4. The summed E-state index contributed by atoms with van der Waals surface area (Å²) < 4.78 is 0. The Hall–Kier alpha value is -3.64. The van der Waals surface area contributed by atoms with Crippen molar-refractivity contribution in [3.05, 3.63) is 155 Å². The third-order valence-corrected chi connectivity index (χ3v) is 6.10. The van der Waals surface area contributed by atoms with E-state index in [4.69, 9.17) is 0 Å². The van der Waals surface area contributed by atoms with Crippen LogP contribution in [-0.4, -0.2) is 0 Å². The van der Waals surface area contributed by atoms with E-state index in [1.54, 1.807) is 0 Å². The molecule has 0 heteroatoms. The van der Waals surface area contributed by atoms with Crippen molar-refractivity contribution in [2.24, 2.45) is 0 Å². The summed E-state index contributed by atoms with van der Waals surface area (Å²) in [4.78, 5) is 0. The van der Waals surface area contributed by atoms with Gasteiger partial charge in [-0.05, 0) is 39.8 Å². The van der Waals surface area contributed by atoms with Gasteiger partial charge in [-0.1, -0.05) is 147 Å². The third-order valence-electron chi connectivity index (χ3n) is 6.10. The van der Waals surface area contributed by atoms with E-state index in [1.165, 1.54) is 34.2 Å². The van der Waals surface area contributed by atoms with Crippen LogP contribution >= 0.6 is 0 Å². The fraction of sp³-hybridized carbons (Fsp3) is 0.125.